The average molecular weight is 482 g/mol. The first kappa shape index (κ1) is 23.0. The van der Waals surface area contributed by atoms with Gasteiger partial charge in [-0.05, 0) is 60.9 Å². The highest BCUT2D eigenvalue weighted by molar-refractivity contribution is 8.00. The zero-order chi connectivity index (χ0) is 23.4. The maximum atomic E-state index is 13.2. The number of nitrogens with two attached hydrogens (primary N) is 1. The second-order valence-corrected chi connectivity index (χ2v) is 10.5. The Bertz CT molecular complexity index is 1260. The van der Waals surface area contributed by atoms with Gasteiger partial charge in [0.25, 0.3) is 0 Å². The molecule has 1 fully saturated rings. The zero-order valence-electron chi connectivity index (χ0n) is 17.6. The summed E-state index contributed by atoms with van der Waals surface area (Å²) in [6, 6.07) is 22.5. The smallest absolute Gasteiger partial charge is 0.242 e. The number of sulfonamides is 1. The van der Waals surface area contributed by atoms with Crippen molar-refractivity contribution in [3.63, 3.8) is 0 Å². The van der Waals surface area contributed by atoms with Gasteiger partial charge in [-0.3, -0.25) is 9.59 Å². The minimum Gasteiger partial charge on any atom is -0.326 e. The van der Waals surface area contributed by atoms with Gasteiger partial charge in [0.2, 0.25) is 21.8 Å². The van der Waals surface area contributed by atoms with Gasteiger partial charge in [-0.15, -0.1) is 11.8 Å². The van der Waals surface area contributed by atoms with Gasteiger partial charge in [0.15, 0.2) is 0 Å². The van der Waals surface area contributed by atoms with Crippen molar-refractivity contribution in [1.29, 1.82) is 0 Å². The molecule has 0 spiro atoms. The van der Waals surface area contributed by atoms with Crippen molar-refractivity contribution < 1.29 is 18.0 Å². The maximum absolute atomic E-state index is 13.2. The summed E-state index contributed by atoms with van der Waals surface area (Å²) in [4.78, 5) is 26.1. The SMILES string of the molecule is NS(=O)(=O)c1ccc(NC(=O)C(Sc2cccc(NC(=O)C3CC3)c2)c2ccccc2)cc1. The number of primary sulfonamides is 1. The van der Waals surface area contributed by atoms with E-state index in [1.807, 2.05) is 54.6 Å². The summed E-state index contributed by atoms with van der Waals surface area (Å²) in [5.74, 6) is -0.135. The Kier molecular flexibility index (Phi) is 6.83. The van der Waals surface area contributed by atoms with Gasteiger partial charge >= 0.3 is 0 Å². The molecule has 0 aliphatic heterocycles. The van der Waals surface area contributed by atoms with Gasteiger partial charge < -0.3 is 10.6 Å². The van der Waals surface area contributed by atoms with Crippen LogP contribution >= 0.6 is 11.8 Å². The lowest BCUT2D eigenvalue weighted by Gasteiger charge is -2.18. The zero-order valence-corrected chi connectivity index (χ0v) is 19.2. The van der Waals surface area contributed by atoms with Crippen LogP contribution in [0, 0.1) is 5.92 Å². The van der Waals surface area contributed by atoms with Crippen LogP contribution < -0.4 is 15.8 Å². The molecule has 0 saturated heterocycles. The number of nitrogens with one attached hydrogen (secondary N) is 2. The number of amides is 2. The Morgan fingerprint density at radius 2 is 1.58 bits per heavy atom. The normalized spacial score (nSPS) is 14.3. The number of benzene rings is 3. The fourth-order valence-corrected chi connectivity index (χ4v) is 4.81. The van der Waals surface area contributed by atoms with E-state index in [0.717, 1.165) is 23.3 Å². The van der Waals surface area contributed by atoms with E-state index in [1.165, 1.54) is 36.0 Å². The third-order valence-electron chi connectivity index (χ3n) is 5.09. The van der Waals surface area contributed by atoms with Crippen molar-refractivity contribution in [1.82, 2.24) is 0 Å². The first-order valence-corrected chi connectivity index (χ1v) is 12.8. The Labute approximate surface area is 196 Å². The summed E-state index contributed by atoms with van der Waals surface area (Å²) < 4.78 is 22.9. The third kappa shape index (κ3) is 6.22. The minimum absolute atomic E-state index is 0.0254. The van der Waals surface area contributed by atoms with Crippen LogP contribution in [-0.4, -0.2) is 20.2 Å². The topological polar surface area (TPSA) is 118 Å². The van der Waals surface area contributed by atoms with Crippen LogP contribution in [-0.2, 0) is 19.6 Å². The molecule has 4 rings (SSSR count). The third-order valence-corrected chi connectivity index (χ3v) is 7.27. The van der Waals surface area contributed by atoms with E-state index in [-0.39, 0.29) is 22.6 Å². The summed E-state index contributed by atoms with van der Waals surface area (Å²) in [5, 5.41) is 10.3. The number of hydrogen-bond donors (Lipinski definition) is 3. The van der Waals surface area contributed by atoms with Crippen molar-refractivity contribution in [2.75, 3.05) is 10.6 Å². The number of hydrogen-bond acceptors (Lipinski definition) is 5. The quantitative estimate of drug-likeness (QED) is 0.418. The Hall–Kier alpha value is -3.14. The van der Waals surface area contributed by atoms with Gasteiger partial charge in [-0.25, -0.2) is 13.6 Å². The number of anilines is 2. The van der Waals surface area contributed by atoms with Gasteiger partial charge in [-0.2, -0.15) is 0 Å². The maximum Gasteiger partial charge on any atom is 0.242 e. The van der Waals surface area contributed by atoms with Gasteiger partial charge in [0.1, 0.15) is 5.25 Å². The molecule has 0 heterocycles. The van der Waals surface area contributed by atoms with Crippen LogP contribution in [0.25, 0.3) is 0 Å². The summed E-state index contributed by atoms with van der Waals surface area (Å²) in [7, 11) is -3.81. The van der Waals surface area contributed by atoms with Crippen LogP contribution in [0.1, 0.15) is 23.7 Å². The minimum atomic E-state index is -3.81. The van der Waals surface area contributed by atoms with E-state index in [2.05, 4.69) is 10.6 Å². The molecule has 0 radical (unpaired) electrons. The predicted octanol–water partition coefficient (Wildman–Crippen LogP) is 4.15. The molecule has 1 aliphatic rings. The summed E-state index contributed by atoms with van der Waals surface area (Å²) in [6.07, 6.45) is 1.85. The molecular weight excluding hydrogens is 458 g/mol. The summed E-state index contributed by atoms with van der Waals surface area (Å²) >= 11 is 1.36. The standard InChI is InChI=1S/C24H23N3O4S2/c25-33(30,31)21-13-11-18(12-14-21)26-24(29)22(16-5-2-1-3-6-16)32-20-8-4-7-19(15-20)27-23(28)17-9-10-17/h1-8,11-15,17,22H,9-10H2,(H,26,29)(H,27,28)(H2,25,30,31). The van der Waals surface area contributed by atoms with Crippen LogP contribution in [0.2, 0.25) is 0 Å². The first-order valence-electron chi connectivity index (χ1n) is 10.4. The summed E-state index contributed by atoms with van der Waals surface area (Å²) in [6.45, 7) is 0. The molecule has 3 aromatic carbocycles. The average Bonchev–Trinajstić information content (AvgIpc) is 3.64. The molecule has 1 aliphatic carbocycles. The number of carbonyl (C=O) groups is 2. The van der Waals surface area contributed by atoms with Crippen molar-refractivity contribution in [3.05, 3.63) is 84.4 Å². The van der Waals surface area contributed by atoms with E-state index in [0.29, 0.717) is 11.4 Å². The van der Waals surface area contributed by atoms with Gasteiger partial charge in [0, 0.05) is 22.2 Å². The second-order valence-electron chi connectivity index (χ2n) is 7.76. The van der Waals surface area contributed by atoms with E-state index >= 15 is 0 Å². The number of carbonyl (C=O) groups excluding carboxylic acids is 2. The summed E-state index contributed by atoms with van der Waals surface area (Å²) in [5.41, 5.74) is 1.97. The molecule has 33 heavy (non-hydrogen) atoms. The monoisotopic (exact) mass is 481 g/mol. The lowest BCUT2D eigenvalue weighted by atomic mass is 10.1. The number of thioether (sulfide) groups is 1. The molecule has 1 unspecified atom stereocenters. The molecule has 170 valence electrons. The van der Waals surface area contributed by atoms with Crippen LogP contribution in [0.4, 0.5) is 11.4 Å². The van der Waals surface area contributed by atoms with Crippen molar-refractivity contribution in [2.45, 2.75) is 27.9 Å². The second kappa shape index (κ2) is 9.78. The Morgan fingerprint density at radius 3 is 2.21 bits per heavy atom. The highest BCUT2D eigenvalue weighted by atomic mass is 32.2. The molecule has 7 nitrogen and oxygen atoms in total. The molecule has 1 saturated carbocycles. The van der Waals surface area contributed by atoms with E-state index < -0.39 is 15.3 Å². The first-order chi connectivity index (χ1) is 15.8. The predicted molar refractivity (Wildman–Crippen MR) is 129 cm³/mol. The Balaban J connectivity index is 1.53. The molecular formula is C24H23N3O4S2. The van der Waals surface area contributed by atoms with Gasteiger partial charge in [-0.1, -0.05) is 36.4 Å². The Morgan fingerprint density at radius 1 is 0.879 bits per heavy atom. The van der Waals surface area contributed by atoms with E-state index in [9.17, 15) is 18.0 Å². The number of rotatable bonds is 8. The molecule has 4 N–H and O–H groups in total. The van der Waals surface area contributed by atoms with Crippen molar-refractivity contribution in [3.8, 4) is 0 Å². The lowest BCUT2D eigenvalue weighted by Crippen LogP contribution is -2.19. The van der Waals surface area contributed by atoms with Gasteiger partial charge in [0.05, 0.1) is 4.90 Å². The van der Waals surface area contributed by atoms with Crippen molar-refractivity contribution in [2.24, 2.45) is 11.1 Å². The molecule has 0 bridgehead atoms. The lowest BCUT2D eigenvalue weighted by molar-refractivity contribution is -0.117. The molecule has 2 amide bonds. The fraction of sp³-hybridized carbons (Fsp3) is 0.167. The highest BCUT2D eigenvalue weighted by Crippen LogP contribution is 2.37. The van der Waals surface area contributed by atoms with Crippen molar-refractivity contribution >= 4 is 45.0 Å². The van der Waals surface area contributed by atoms with Crippen LogP contribution in [0.15, 0.2) is 88.7 Å². The molecule has 0 aromatic heterocycles. The highest BCUT2D eigenvalue weighted by Gasteiger charge is 2.29. The van der Waals surface area contributed by atoms with Crippen LogP contribution in [0.3, 0.4) is 0 Å². The van der Waals surface area contributed by atoms with Crippen LogP contribution in [0.5, 0.6) is 0 Å². The molecule has 9 heteroatoms. The van der Waals surface area contributed by atoms with E-state index in [4.69, 9.17) is 5.14 Å². The molecule has 1 atom stereocenters. The van der Waals surface area contributed by atoms with E-state index in [1.54, 1.807) is 0 Å². The fourth-order valence-electron chi connectivity index (χ4n) is 3.21. The largest absolute Gasteiger partial charge is 0.326 e. The molecule has 3 aromatic rings.